The average Bonchev–Trinajstić information content (AvgIpc) is 3.22. The number of hydrogen-bond acceptors (Lipinski definition) is 5. The first-order valence-corrected chi connectivity index (χ1v) is 11.0. The normalized spacial score (nSPS) is 19.4. The standard InChI is InChI=1S/C13H20N2O2.C7H8O3S/c1-10-9-11(2)15(14-10)12-3-5-13(6-4-12)16-7-8-17-13;1-6-2-4-7(5-3-6)11(8,9)10/h9,12H,3-8H2,1-2H3;2-5H,1H3,(H,8,9,10). The molecule has 1 N–H and O–H groups in total. The summed E-state index contributed by atoms with van der Waals surface area (Å²) in [7, 11) is -4.02. The van der Waals surface area contributed by atoms with Gasteiger partial charge in [-0.25, -0.2) is 0 Å². The number of hydrogen-bond donors (Lipinski definition) is 1. The van der Waals surface area contributed by atoms with Gasteiger partial charge < -0.3 is 9.47 Å². The molecule has 0 amide bonds. The Morgan fingerprint density at radius 3 is 2.11 bits per heavy atom. The Morgan fingerprint density at radius 1 is 1.07 bits per heavy atom. The van der Waals surface area contributed by atoms with E-state index in [2.05, 4.69) is 29.7 Å². The first-order chi connectivity index (χ1) is 13.2. The second-order valence-corrected chi connectivity index (χ2v) is 8.92. The largest absolute Gasteiger partial charge is 0.348 e. The summed E-state index contributed by atoms with van der Waals surface area (Å²) in [6.07, 6.45) is 4.19. The lowest BCUT2D eigenvalue weighted by atomic mass is 9.90. The van der Waals surface area contributed by atoms with Crippen molar-refractivity contribution >= 4 is 10.1 Å². The van der Waals surface area contributed by atoms with Crippen molar-refractivity contribution in [2.75, 3.05) is 13.2 Å². The van der Waals surface area contributed by atoms with Crippen LogP contribution in [0.2, 0.25) is 0 Å². The molecule has 2 heterocycles. The molecule has 1 aromatic heterocycles. The molecule has 7 nitrogen and oxygen atoms in total. The van der Waals surface area contributed by atoms with Crippen LogP contribution >= 0.6 is 0 Å². The quantitative estimate of drug-likeness (QED) is 0.764. The Hall–Kier alpha value is -1.74. The lowest BCUT2D eigenvalue weighted by Crippen LogP contribution is -2.36. The lowest BCUT2D eigenvalue weighted by molar-refractivity contribution is -0.181. The summed E-state index contributed by atoms with van der Waals surface area (Å²) in [5, 5.41) is 4.58. The summed E-state index contributed by atoms with van der Waals surface area (Å²) in [6.45, 7) is 7.53. The van der Waals surface area contributed by atoms with Crippen LogP contribution in [0.5, 0.6) is 0 Å². The number of aryl methyl sites for hydroxylation is 3. The maximum absolute atomic E-state index is 10.5. The van der Waals surface area contributed by atoms with Crippen molar-refractivity contribution < 1.29 is 22.4 Å². The van der Waals surface area contributed by atoms with Crippen LogP contribution in [-0.4, -0.2) is 41.8 Å². The topological polar surface area (TPSA) is 90.7 Å². The molecule has 1 spiro atoms. The van der Waals surface area contributed by atoms with Gasteiger partial charge in [0.05, 0.1) is 29.8 Å². The van der Waals surface area contributed by atoms with Crippen molar-refractivity contribution in [1.29, 1.82) is 0 Å². The molecule has 8 heteroatoms. The van der Waals surface area contributed by atoms with Gasteiger partial charge >= 0.3 is 0 Å². The highest BCUT2D eigenvalue weighted by atomic mass is 32.2. The van der Waals surface area contributed by atoms with E-state index in [1.54, 1.807) is 12.1 Å². The predicted molar refractivity (Wildman–Crippen MR) is 105 cm³/mol. The van der Waals surface area contributed by atoms with Crippen LogP contribution in [0.25, 0.3) is 0 Å². The first kappa shape index (κ1) is 21.0. The van der Waals surface area contributed by atoms with Gasteiger partial charge in [0.2, 0.25) is 0 Å². The molecule has 28 heavy (non-hydrogen) atoms. The van der Waals surface area contributed by atoms with Gasteiger partial charge in [0.1, 0.15) is 0 Å². The highest BCUT2D eigenvalue weighted by molar-refractivity contribution is 7.85. The number of rotatable bonds is 2. The molecule has 2 fully saturated rings. The molecule has 1 saturated carbocycles. The summed E-state index contributed by atoms with van der Waals surface area (Å²) in [6, 6.07) is 8.65. The van der Waals surface area contributed by atoms with Gasteiger partial charge in [-0.2, -0.15) is 13.5 Å². The highest BCUT2D eigenvalue weighted by Crippen LogP contribution is 2.40. The van der Waals surface area contributed by atoms with Crippen molar-refractivity contribution in [3.05, 3.63) is 47.3 Å². The number of nitrogens with zero attached hydrogens (tertiary/aromatic N) is 2. The smallest absolute Gasteiger partial charge is 0.294 e. The maximum Gasteiger partial charge on any atom is 0.294 e. The Bertz CT molecular complexity index is 889. The molecular weight excluding hydrogens is 380 g/mol. The van der Waals surface area contributed by atoms with Gasteiger partial charge in [-0.05, 0) is 51.8 Å². The summed E-state index contributed by atoms with van der Waals surface area (Å²) in [4.78, 5) is -0.0666. The molecule has 0 unspecified atom stereocenters. The molecule has 0 bridgehead atoms. The second-order valence-electron chi connectivity index (χ2n) is 7.50. The van der Waals surface area contributed by atoms with Crippen LogP contribution in [0.15, 0.2) is 35.2 Å². The van der Waals surface area contributed by atoms with E-state index in [4.69, 9.17) is 14.0 Å². The van der Waals surface area contributed by atoms with Crippen LogP contribution in [0.3, 0.4) is 0 Å². The Kier molecular flexibility index (Phi) is 6.24. The van der Waals surface area contributed by atoms with Gasteiger partial charge in [0.15, 0.2) is 5.79 Å². The molecule has 2 aromatic rings. The minimum Gasteiger partial charge on any atom is -0.348 e. The summed E-state index contributed by atoms with van der Waals surface area (Å²) in [5.74, 6) is -0.257. The van der Waals surface area contributed by atoms with Crippen molar-refractivity contribution in [3.8, 4) is 0 Å². The van der Waals surface area contributed by atoms with Gasteiger partial charge in [-0.3, -0.25) is 9.23 Å². The summed E-state index contributed by atoms with van der Waals surface area (Å²) in [5.41, 5.74) is 3.32. The fourth-order valence-electron chi connectivity index (χ4n) is 3.80. The van der Waals surface area contributed by atoms with E-state index >= 15 is 0 Å². The molecule has 4 rings (SSSR count). The van der Waals surface area contributed by atoms with Crippen molar-refractivity contribution in [3.63, 3.8) is 0 Å². The molecule has 154 valence electrons. The van der Waals surface area contributed by atoms with Crippen LogP contribution < -0.4 is 0 Å². The van der Waals surface area contributed by atoms with Crippen LogP contribution in [0, 0.1) is 20.8 Å². The van der Waals surface area contributed by atoms with Crippen LogP contribution in [0.1, 0.15) is 48.7 Å². The first-order valence-electron chi connectivity index (χ1n) is 9.53. The Balaban J connectivity index is 0.000000178. The third-order valence-electron chi connectivity index (χ3n) is 5.24. The van der Waals surface area contributed by atoms with Gasteiger partial charge in [-0.1, -0.05) is 17.7 Å². The minimum absolute atomic E-state index is 0.0666. The third kappa shape index (κ3) is 5.00. The molecule has 1 aromatic carbocycles. The van der Waals surface area contributed by atoms with Gasteiger partial charge in [0, 0.05) is 18.5 Å². The predicted octanol–water partition coefficient (Wildman–Crippen LogP) is 3.60. The van der Waals surface area contributed by atoms with Gasteiger partial charge in [-0.15, -0.1) is 0 Å². The monoisotopic (exact) mass is 408 g/mol. The molecule has 1 aliphatic heterocycles. The molecule has 1 saturated heterocycles. The SMILES string of the molecule is Cc1cc(C)n(C2CCC3(CC2)OCCO3)n1.Cc1ccc(S(=O)(=O)O)cc1. The lowest BCUT2D eigenvalue weighted by Gasteiger charge is -2.35. The van der Waals surface area contributed by atoms with Crippen molar-refractivity contribution in [1.82, 2.24) is 9.78 Å². The highest BCUT2D eigenvalue weighted by Gasteiger charge is 2.41. The van der Waals surface area contributed by atoms with E-state index in [9.17, 15) is 8.42 Å². The van der Waals surface area contributed by atoms with E-state index in [1.165, 1.54) is 17.8 Å². The van der Waals surface area contributed by atoms with E-state index in [-0.39, 0.29) is 10.7 Å². The Labute approximate surface area is 166 Å². The molecule has 0 radical (unpaired) electrons. The zero-order valence-electron chi connectivity index (χ0n) is 16.6. The number of benzene rings is 1. The van der Waals surface area contributed by atoms with Crippen LogP contribution in [-0.2, 0) is 19.6 Å². The fraction of sp³-hybridized carbons (Fsp3) is 0.550. The summed E-state index contributed by atoms with van der Waals surface area (Å²) < 4.78 is 43.2. The van der Waals surface area contributed by atoms with E-state index in [1.807, 2.05) is 6.92 Å². The zero-order chi connectivity index (χ0) is 20.4. The molecule has 1 aliphatic carbocycles. The second kappa shape index (κ2) is 8.32. The fourth-order valence-corrected chi connectivity index (χ4v) is 4.28. The number of aromatic nitrogens is 2. The van der Waals surface area contributed by atoms with Gasteiger partial charge in [0.25, 0.3) is 10.1 Å². The van der Waals surface area contributed by atoms with E-state index in [0.717, 1.165) is 50.2 Å². The molecular formula is C20H28N2O5S. The minimum atomic E-state index is -4.02. The Morgan fingerprint density at radius 2 is 1.64 bits per heavy atom. The average molecular weight is 409 g/mol. The number of ether oxygens (including phenoxy) is 2. The van der Waals surface area contributed by atoms with Crippen LogP contribution in [0.4, 0.5) is 0 Å². The van der Waals surface area contributed by atoms with E-state index < -0.39 is 10.1 Å². The maximum atomic E-state index is 10.5. The third-order valence-corrected chi connectivity index (χ3v) is 6.11. The van der Waals surface area contributed by atoms with E-state index in [0.29, 0.717) is 6.04 Å². The van der Waals surface area contributed by atoms with Crippen molar-refractivity contribution in [2.45, 2.75) is 63.2 Å². The van der Waals surface area contributed by atoms with Crippen molar-refractivity contribution in [2.24, 2.45) is 0 Å². The summed E-state index contributed by atoms with van der Waals surface area (Å²) >= 11 is 0. The molecule has 2 aliphatic rings. The zero-order valence-corrected chi connectivity index (χ0v) is 17.4. The molecule has 0 atom stereocenters.